The first-order valence-corrected chi connectivity index (χ1v) is 20.3. The van der Waals surface area contributed by atoms with Gasteiger partial charge >= 0.3 is 0 Å². The topological polar surface area (TPSA) is 221 Å². The van der Waals surface area contributed by atoms with Crippen molar-refractivity contribution in [2.24, 2.45) is 11.7 Å². The lowest BCUT2D eigenvalue weighted by Crippen LogP contribution is -2.59. The van der Waals surface area contributed by atoms with Gasteiger partial charge in [-0.05, 0) is 37.3 Å². The Bertz CT molecular complexity index is 1540. The van der Waals surface area contributed by atoms with Crippen LogP contribution in [0.25, 0.3) is 0 Å². The van der Waals surface area contributed by atoms with Crippen LogP contribution in [0.3, 0.4) is 0 Å². The zero-order valence-corrected chi connectivity index (χ0v) is 31.2. The largest absolute Gasteiger partial charge is 0.390 e. The van der Waals surface area contributed by atoms with Crippen molar-refractivity contribution in [3.05, 3.63) is 54.1 Å². The van der Waals surface area contributed by atoms with Gasteiger partial charge in [0.15, 0.2) is 0 Å². The van der Waals surface area contributed by atoms with Gasteiger partial charge in [-0.25, -0.2) is 4.98 Å². The van der Waals surface area contributed by atoms with Crippen LogP contribution >= 0.6 is 0 Å². The van der Waals surface area contributed by atoms with Gasteiger partial charge in [-0.1, -0.05) is 62.4 Å². The molecular formula is C36H56N8O8S. The number of amides is 3. The molecule has 5 rings (SSSR count). The molecule has 3 aliphatic rings. The molecule has 3 fully saturated rings. The monoisotopic (exact) mass is 760 g/mol. The van der Waals surface area contributed by atoms with E-state index in [9.17, 15) is 27.9 Å². The number of nitrogens with zero attached hydrogens (tertiary/aromatic N) is 3. The number of imidazole rings is 1. The molecule has 2 saturated heterocycles. The van der Waals surface area contributed by atoms with Crippen molar-refractivity contribution in [2.75, 3.05) is 52.5 Å². The van der Waals surface area contributed by atoms with Crippen LogP contribution in [0.5, 0.6) is 0 Å². The molecule has 2 aliphatic heterocycles. The fourth-order valence-corrected chi connectivity index (χ4v) is 8.64. The lowest BCUT2D eigenvalue weighted by molar-refractivity contribution is -0.142. The molecule has 1 aromatic carbocycles. The Balaban J connectivity index is 1.33. The number of benzene rings is 1. The Hall–Kier alpha value is -3.45. The number of hydrogen-bond donors (Lipinski definition) is 6. The summed E-state index contributed by atoms with van der Waals surface area (Å²) in [6.07, 6.45) is 7.77. The second-order valence-electron chi connectivity index (χ2n) is 14.3. The van der Waals surface area contributed by atoms with Crippen LogP contribution in [-0.4, -0.2) is 133 Å². The molecule has 4 unspecified atom stereocenters. The van der Waals surface area contributed by atoms with Crippen molar-refractivity contribution < 1.29 is 37.4 Å². The molecule has 1 aliphatic carbocycles. The second kappa shape index (κ2) is 20.3. The van der Waals surface area contributed by atoms with Crippen LogP contribution in [0.1, 0.15) is 62.6 Å². The van der Waals surface area contributed by atoms with Gasteiger partial charge in [0.2, 0.25) is 17.7 Å². The van der Waals surface area contributed by atoms with Crippen LogP contribution in [0.15, 0.2) is 42.9 Å². The number of aromatic nitrogens is 2. The summed E-state index contributed by atoms with van der Waals surface area (Å²) in [5, 5.41) is 17.4. The molecule has 7 N–H and O–H groups in total. The number of aromatic amines is 1. The van der Waals surface area contributed by atoms with E-state index in [0.29, 0.717) is 44.8 Å². The number of ether oxygens (including phenoxy) is 2. The molecule has 0 spiro atoms. The molecule has 1 aromatic heterocycles. The predicted molar refractivity (Wildman–Crippen MR) is 196 cm³/mol. The van der Waals surface area contributed by atoms with E-state index in [1.807, 2.05) is 6.07 Å². The third-order valence-corrected chi connectivity index (χ3v) is 11.9. The minimum absolute atomic E-state index is 0.0212. The SMILES string of the molecule is NCCC1CN(C(=O)C[C@H](O)C(CC2CCCCC2)NC(=O)C(Cc2cnc[nH]2)NC(=O)C(Cc2ccccc2)NS(=O)(=O)N2CCOCC2)CCO1. The average molecular weight is 761 g/mol. The van der Waals surface area contributed by atoms with Gasteiger partial charge in [-0.2, -0.15) is 17.4 Å². The van der Waals surface area contributed by atoms with Gasteiger partial charge in [0.05, 0.1) is 50.8 Å². The molecular weight excluding hydrogens is 705 g/mol. The number of aliphatic hydroxyl groups is 1. The van der Waals surface area contributed by atoms with Crippen LogP contribution in [0.2, 0.25) is 0 Å². The maximum atomic E-state index is 14.2. The predicted octanol–water partition coefficient (Wildman–Crippen LogP) is -0.00270. The molecule has 2 aromatic rings. The molecule has 53 heavy (non-hydrogen) atoms. The maximum absolute atomic E-state index is 14.2. The molecule has 5 atom stereocenters. The normalized spacial score (nSPS) is 21.3. The number of H-pyrrole nitrogens is 1. The summed E-state index contributed by atoms with van der Waals surface area (Å²) in [7, 11) is -4.09. The minimum Gasteiger partial charge on any atom is -0.390 e. The summed E-state index contributed by atoms with van der Waals surface area (Å²) in [5.74, 6) is -1.24. The highest BCUT2D eigenvalue weighted by molar-refractivity contribution is 7.87. The van der Waals surface area contributed by atoms with Crippen LogP contribution in [0, 0.1) is 5.92 Å². The summed E-state index contributed by atoms with van der Waals surface area (Å²) in [5.41, 5.74) is 7.00. The van der Waals surface area contributed by atoms with Crippen molar-refractivity contribution in [2.45, 2.75) is 94.5 Å². The number of aliphatic hydroxyl groups excluding tert-OH is 1. The van der Waals surface area contributed by atoms with Crippen LogP contribution in [-0.2, 0) is 46.9 Å². The number of hydrogen-bond acceptors (Lipinski definition) is 10. The molecule has 1 saturated carbocycles. The quantitative estimate of drug-likeness (QED) is 0.119. The van der Waals surface area contributed by atoms with Crippen molar-refractivity contribution in [1.29, 1.82) is 0 Å². The van der Waals surface area contributed by atoms with Crippen LogP contribution in [0.4, 0.5) is 0 Å². The molecule has 3 amide bonds. The van der Waals surface area contributed by atoms with Crippen molar-refractivity contribution in [1.82, 2.24) is 34.5 Å². The van der Waals surface area contributed by atoms with E-state index in [-0.39, 0.29) is 63.5 Å². The van der Waals surface area contributed by atoms with Gasteiger partial charge in [0.1, 0.15) is 12.1 Å². The van der Waals surface area contributed by atoms with Gasteiger partial charge in [-0.3, -0.25) is 14.4 Å². The zero-order valence-electron chi connectivity index (χ0n) is 30.4. The lowest BCUT2D eigenvalue weighted by Gasteiger charge is -2.35. The molecule has 0 bridgehead atoms. The summed E-state index contributed by atoms with van der Waals surface area (Å²) in [4.78, 5) is 50.4. The number of carbonyl (C=O) groups is 3. The summed E-state index contributed by atoms with van der Waals surface area (Å²) in [6.45, 7) is 2.39. The average Bonchev–Trinajstić information content (AvgIpc) is 3.68. The Morgan fingerprint density at radius 3 is 2.42 bits per heavy atom. The molecule has 294 valence electrons. The zero-order chi connectivity index (χ0) is 37.6. The highest BCUT2D eigenvalue weighted by Crippen LogP contribution is 2.29. The van der Waals surface area contributed by atoms with E-state index in [4.69, 9.17) is 15.2 Å². The number of nitrogens with two attached hydrogens (primary N) is 1. The highest BCUT2D eigenvalue weighted by atomic mass is 32.2. The Kier molecular flexibility index (Phi) is 15.6. The summed E-state index contributed by atoms with van der Waals surface area (Å²) in [6, 6.07) is 5.84. The first kappa shape index (κ1) is 40.7. The third kappa shape index (κ3) is 12.6. The second-order valence-corrected chi connectivity index (χ2v) is 16.0. The highest BCUT2D eigenvalue weighted by Gasteiger charge is 2.35. The van der Waals surface area contributed by atoms with E-state index in [0.717, 1.165) is 37.7 Å². The van der Waals surface area contributed by atoms with Gasteiger partial charge < -0.3 is 40.8 Å². The lowest BCUT2D eigenvalue weighted by atomic mass is 9.83. The van der Waals surface area contributed by atoms with E-state index in [1.54, 1.807) is 35.4 Å². The standard InChI is InChI=1S/C36H56N8O8S/c37-12-11-29-24-43(13-18-52-29)34(46)22-33(45)30(19-26-7-3-1-4-8-26)40-35(47)31(21-28-23-38-25-39-28)41-36(48)32(20-27-9-5-2-6-10-27)42-53(49,50)44-14-16-51-17-15-44/h2,5-6,9-10,23,25-26,29-33,42,45H,1,3-4,7-8,11-22,24,37H2,(H,38,39)(H,40,47)(H,41,48)/t29?,30?,31?,32?,33-/m0/s1. The molecule has 17 heteroatoms. The van der Waals surface area contributed by atoms with Crippen molar-refractivity contribution >= 4 is 27.9 Å². The Morgan fingerprint density at radius 1 is 0.981 bits per heavy atom. The first-order chi connectivity index (χ1) is 25.6. The number of rotatable bonds is 18. The smallest absolute Gasteiger partial charge is 0.280 e. The fraction of sp³-hybridized carbons (Fsp3) is 0.667. The van der Waals surface area contributed by atoms with E-state index in [1.165, 1.54) is 10.6 Å². The molecule has 16 nitrogen and oxygen atoms in total. The molecule has 0 radical (unpaired) electrons. The van der Waals surface area contributed by atoms with Crippen molar-refractivity contribution in [3.63, 3.8) is 0 Å². The third-order valence-electron chi connectivity index (χ3n) is 10.3. The Morgan fingerprint density at radius 2 is 1.72 bits per heavy atom. The van der Waals surface area contributed by atoms with E-state index >= 15 is 0 Å². The molecule has 3 heterocycles. The van der Waals surface area contributed by atoms with E-state index in [2.05, 4.69) is 25.3 Å². The van der Waals surface area contributed by atoms with Gasteiger partial charge in [0, 0.05) is 44.5 Å². The maximum Gasteiger partial charge on any atom is 0.280 e. The number of nitrogens with one attached hydrogen (secondary N) is 4. The number of carbonyl (C=O) groups excluding carboxylic acids is 3. The van der Waals surface area contributed by atoms with E-state index < -0.39 is 46.3 Å². The van der Waals surface area contributed by atoms with Crippen molar-refractivity contribution in [3.8, 4) is 0 Å². The van der Waals surface area contributed by atoms with Gasteiger partial charge in [0.25, 0.3) is 10.2 Å². The first-order valence-electron chi connectivity index (χ1n) is 18.9. The summed E-state index contributed by atoms with van der Waals surface area (Å²) >= 11 is 0. The Labute approximate surface area is 312 Å². The number of morpholine rings is 2. The summed E-state index contributed by atoms with van der Waals surface area (Å²) < 4.78 is 41.8. The van der Waals surface area contributed by atoms with Gasteiger partial charge in [-0.15, -0.1) is 0 Å². The van der Waals surface area contributed by atoms with Crippen LogP contribution < -0.4 is 21.1 Å². The fourth-order valence-electron chi connectivity index (χ4n) is 7.31. The minimum atomic E-state index is -4.09.